The van der Waals surface area contributed by atoms with Gasteiger partial charge in [-0.2, -0.15) is 0 Å². The highest BCUT2D eigenvalue weighted by Crippen LogP contribution is 2.37. The van der Waals surface area contributed by atoms with Crippen LogP contribution in [-0.2, 0) is 14.6 Å². The number of rotatable bonds is 5. The van der Waals surface area contributed by atoms with Gasteiger partial charge in [0.2, 0.25) is 5.28 Å². The van der Waals surface area contributed by atoms with Crippen LogP contribution in [-0.4, -0.2) is 41.4 Å². The molecule has 0 saturated carbocycles. The molecule has 8 heteroatoms. The zero-order valence-corrected chi connectivity index (χ0v) is 14.5. The summed E-state index contributed by atoms with van der Waals surface area (Å²) in [4.78, 5) is 8.03. The quantitative estimate of drug-likeness (QED) is 0.799. The molecule has 120 valence electrons. The van der Waals surface area contributed by atoms with E-state index in [2.05, 4.69) is 15.3 Å². The molecule has 1 aromatic rings. The Kier molecular flexibility index (Phi) is 5.23. The molecule has 0 unspecified atom stereocenters. The van der Waals surface area contributed by atoms with Gasteiger partial charge in [0.05, 0.1) is 17.0 Å². The lowest BCUT2D eigenvalue weighted by molar-refractivity contribution is 0.311. The van der Waals surface area contributed by atoms with Gasteiger partial charge < -0.3 is 10.4 Å². The Labute approximate surface area is 130 Å². The molecule has 0 spiro atoms. The van der Waals surface area contributed by atoms with Crippen molar-refractivity contribution in [2.75, 3.05) is 18.5 Å². The molecule has 0 fully saturated rings. The SMILES string of the molecule is CC(C)(C)S(=O)(=O)C(C)(C)c1cc(NCCO)nc(Cl)n1. The average molecular weight is 336 g/mol. The second-order valence-electron chi connectivity index (χ2n) is 6.18. The normalized spacial score (nSPS) is 13.3. The second kappa shape index (κ2) is 6.06. The number of hydrogen-bond donors (Lipinski definition) is 2. The van der Waals surface area contributed by atoms with Crippen LogP contribution in [0.4, 0.5) is 5.82 Å². The van der Waals surface area contributed by atoms with Crippen LogP contribution in [0.3, 0.4) is 0 Å². The maximum absolute atomic E-state index is 12.7. The van der Waals surface area contributed by atoms with Crippen LogP contribution >= 0.6 is 11.6 Å². The third kappa shape index (κ3) is 3.64. The Bertz CT molecular complexity index is 610. The molecular formula is C13H22ClN3O3S. The first kappa shape index (κ1) is 18.1. The van der Waals surface area contributed by atoms with Gasteiger partial charge in [-0.3, -0.25) is 0 Å². The van der Waals surface area contributed by atoms with Gasteiger partial charge in [-0.25, -0.2) is 18.4 Å². The van der Waals surface area contributed by atoms with Gasteiger partial charge in [0.25, 0.3) is 0 Å². The fourth-order valence-electron chi connectivity index (χ4n) is 1.90. The van der Waals surface area contributed by atoms with E-state index in [1.807, 2.05) is 0 Å². The number of aliphatic hydroxyl groups excluding tert-OH is 1. The van der Waals surface area contributed by atoms with Crippen LogP contribution in [0.5, 0.6) is 0 Å². The topological polar surface area (TPSA) is 92.2 Å². The third-order valence-electron chi connectivity index (χ3n) is 3.21. The number of aliphatic hydroxyl groups is 1. The highest BCUT2D eigenvalue weighted by Gasteiger charge is 2.45. The minimum atomic E-state index is -3.51. The number of aromatic nitrogens is 2. The molecule has 2 N–H and O–H groups in total. The Morgan fingerprint density at radius 1 is 1.24 bits per heavy atom. The molecule has 0 atom stereocenters. The van der Waals surface area contributed by atoms with Gasteiger partial charge in [0.15, 0.2) is 9.84 Å². The van der Waals surface area contributed by atoms with E-state index < -0.39 is 19.3 Å². The summed E-state index contributed by atoms with van der Waals surface area (Å²) in [5.41, 5.74) is 0.317. The predicted molar refractivity (Wildman–Crippen MR) is 84.3 cm³/mol. The third-order valence-corrected chi connectivity index (χ3v) is 6.55. The Hall–Kier alpha value is -0.920. The maximum Gasteiger partial charge on any atom is 0.224 e. The molecule has 0 aromatic carbocycles. The zero-order chi connectivity index (χ0) is 16.5. The summed E-state index contributed by atoms with van der Waals surface area (Å²) in [5, 5.41) is 11.6. The summed E-state index contributed by atoms with van der Waals surface area (Å²) in [7, 11) is -3.51. The number of anilines is 1. The van der Waals surface area contributed by atoms with Crippen molar-refractivity contribution in [2.45, 2.75) is 44.1 Å². The summed E-state index contributed by atoms with van der Waals surface area (Å²) >= 11 is 5.88. The molecule has 0 aliphatic rings. The maximum atomic E-state index is 12.7. The van der Waals surface area contributed by atoms with Gasteiger partial charge in [0, 0.05) is 12.6 Å². The van der Waals surface area contributed by atoms with Crippen LogP contribution in [0.15, 0.2) is 6.07 Å². The van der Waals surface area contributed by atoms with Crippen molar-refractivity contribution < 1.29 is 13.5 Å². The van der Waals surface area contributed by atoms with E-state index in [0.29, 0.717) is 18.1 Å². The van der Waals surface area contributed by atoms with Crippen molar-refractivity contribution in [3.05, 3.63) is 17.0 Å². The fourth-order valence-corrected chi connectivity index (χ4v) is 4.00. The standard InChI is InChI=1S/C13H22ClN3O3S/c1-12(2,3)21(19,20)13(4,5)9-8-10(15-6-7-18)17-11(14)16-9/h8,18H,6-7H2,1-5H3,(H,15,16,17). The predicted octanol–water partition coefficient (Wildman–Crippen LogP) is 1.98. The van der Waals surface area contributed by atoms with Gasteiger partial charge in [-0.05, 0) is 46.2 Å². The molecule has 21 heavy (non-hydrogen) atoms. The number of hydrogen-bond acceptors (Lipinski definition) is 6. The molecule has 0 radical (unpaired) electrons. The lowest BCUT2D eigenvalue weighted by Gasteiger charge is -2.32. The van der Waals surface area contributed by atoms with E-state index in [9.17, 15) is 8.42 Å². The molecule has 1 aromatic heterocycles. The largest absolute Gasteiger partial charge is 0.395 e. The smallest absolute Gasteiger partial charge is 0.224 e. The number of halogens is 1. The van der Waals surface area contributed by atoms with Crippen molar-refractivity contribution >= 4 is 27.3 Å². The highest BCUT2D eigenvalue weighted by atomic mass is 35.5. The lowest BCUT2D eigenvalue weighted by atomic mass is 10.1. The van der Waals surface area contributed by atoms with Crippen molar-refractivity contribution in [1.82, 2.24) is 9.97 Å². The van der Waals surface area contributed by atoms with E-state index in [4.69, 9.17) is 16.7 Å². The first-order valence-corrected chi connectivity index (χ1v) is 8.43. The molecule has 1 rings (SSSR count). The number of sulfone groups is 1. The van der Waals surface area contributed by atoms with E-state index >= 15 is 0 Å². The minimum Gasteiger partial charge on any atom is -0.395 e. The van der Waals surface area contributed by atoms with Crippen molar-refractivity contribution in [3.63, 3.8) is 0 Å². The van der Waals surface area contributed by atoms with E-state index in [0.717, 1.165) is 0 Å². The molecule has 0 saturated heterocycles. The molecular weight excluding hydrogens is 314 g/mol. The Balaban J connectivity index is 3.35. The molecule has 0 aliphatic heterocycles. The summed E-state index contributed by atoms with van der Waals surface area (Å²) in [5.74, 6) is 0.385. The first-order chi connectivity index (χ1) is 9.43. The minimum absolute atomic E-state index is 0.0369. The van der Waals surface area contributed by atoms with Crippen LogP contribution in [0, 0.1) is 0 Å². The first-order valence-electron chi connectivity index (χ1n) is 6.57. The fraction of sp³-hybridized carbons (Fsp3) is 0.692. The van der Waals surface area contributed by atoms with E-state index in [1.54, 1.807) is 40.7 Å². The van der Waals surface area contributed by atoms with Gasteiger partial charge in [-0.1, -0.05) is 0 Å². The summed E-state index contributed by atoms with van der Waals surface area (Å²) in [6, 6.07) is 1.55. The van der Waals surface area contributed by atoms with Crippen molar-refractivity contribution in [1.29, 1.82) is 0 Å². The number of nitrogens with zero attached hydrogens (tertiary/aromatic N) is 2. The van der Waals surface area contributed by atoms with Crippen LogP contribution in [0.1, 0.15) is 40.3 Å². The monoisotopic (exact) mass is 335 g/mol. The van der Waals surface area contributed by atoms with Gasteiger partial charge in [0.1, 0.15) is 10.6 Å². The summed E-state index contributed by atoms with van der Waals surface area (Å²) in [6.45, 7) is 8.37. The second-order valence-corrected chi connectivity index (χ2v) is 9.77. The molecule has 1 heterocycles. The van der Waals surface area contributed by atoms with Gasteiger partial charge >= 0.3 is 0 Å². The molecule has 0 bridgehead atoms. The Morgan fingerprint density at radius 3 is 2.29 bits per heavy atom. The molecule has 0 amide bonds. The number of nitrogens with one attached hydrogen (secondary N) is 1. The summed E-state index contributed by atoms with van der Waals surface area (Å²) < 4.78 is 23.4. The Morgan fingerprint density at radius 2 is 1.81 bits per heavy atom. The molecule has 0 aliphatic carbocycles. The van der Waals surface area contributed by atoms with Crippen LogP contribution in [0.2, 0.25) is 5.28 Å². The average Bonchev–Trinajstić information content (AvgIpc) is 2.34. The zero-order valence-electron chi connectivity index (χ0n) is 12.9. The van der Waals surface area contributed by atoms with Crippen LogP contribution < -0.4 is 5.32 Å². The van der Waals surface area contributed by atoms with Gasteiger partial charge in [-0.15, -0.1) is 0 Å². The highest BCUT2D eigenvalue weighted by molar-refractivity contribution is 7.93. The van der Waals surface area contributed by atoms with E-state index in [1.165, 1.54) is 0 Å². The summed E-state index contributed by atoms with van der Waals surface area (Å²) in [6.07, 6.45) is 0. The van der Waals surface area contributed by atoms with Crippen molar-refractivity contribution in [3.8, 4) is 0 Å². The molecule has 6 nitrogen and oxygen atoms in total. The van der Waals surface area contributed by atoms with E-state index in [-0.39, 0.29) is 11.9 Å². The lowest BCUT2D eigenvalue weighted by Crippen LogP contribution is -2.42. The van der Waals surface area contributed by atoms with Crippen LogP contribution in [0.25, 0.3) is 0 Å². The van der Waals surface area contributed by atoms with Crippen molar-refractivity contribution in [2.24, 2.45) is 0 Å².